The normalized spacial score (nSPS) is 35.3. The van der Waals surface area contributed by atoms with Crippen LogP contribution >= 0.6 is 0 Å². The van der Waals surface area contributed by atoms with Crippen molar-refractivity contribution in [2.24, 2.45) is 16.7 Å². The topological polar surface area (TPSA) is 37.3 Å². The highest BCUT2D eigenvalue weighted by atomic mass is 16.4. The minimum atomic E-state index is -0.582. The summed E-state index contributed by atoms with van der Waals surface area (Å²) in [6.07, 6.45) is 4.73. The summed E-state index contributed by atoms with van der Waals surface area (Å²) in [6.45, 7) is 4.22. The SMILES string of the molecule is CC1(C)C(C(=O)O)C12CCCC2. The Hall–Kier alpha value is -0.530. The fraction of sp³-hybridized carbons (Fsp3) is 0.900. The minimum absolute atomic E-state index is 0.0625. The lowest BCUT2D eigenvalue weighted by atomic mass is 9.94. The number of hydrogen-bond acceptors (Lipinski definition) is 1. The second kappa shape index (κ2) is 2.04. The largest absolute Gasteiger partial charge is 0.481 e. The number of carboxylic acids is 1. The van der Waals surface area contributed by atoms with E-state index in [1.165, 1.54) is 12.8 Å². The first-order valence-electron chi connectivity index (χ1n) is 4.75. The van der Waals surface area contributed by atoms with Gasteiger partial charge in [0, 0.05) is 0 Å². The van der Waals surface area contributed by atoms with Crippen LogP contribution in [0.4, 0.5) is 0 Å². The Morgan fingerprint density at radius 2 is 1.83 bits per heavy atom. The predicted octanol–water partition coefficient (Wildman–Crippen LogP) is 2.29. The number of carbonyl (C=O) groups is 1. The first kappa shape index (κ1) is 8.09. The van der Waals surface area contributed by atoms with Gasteiger partial charge >= 0.3 is 5.97 Å². The maximum Gasteiger partial charge on any atom is 0.307 e. The van der Waals surface area contributed by atoms with E-state index in [4.69, 9.17) is 5.11 Å². The van der Waals surface area contributed by atoms with E-state index >= 15 is 0 Å². The van der Waals surface area contributed by atoms with Crippen molar-refractivity contribution in [2.45, 2.75) is 39.5 Å². The van der Waals surface area contributed by atoms with Crippen molar-refractivity contribution >= 4 is 5.97 Å². The molecular weight excluding hydrogens is 152 g/mol. The van der Waals surface area contributed by atoms with Crippen molar-refractivity contribution in [3.05, 3.63) is 0 Å². The van der Waals surface area contributed by atoms with Crippen LogP contribution in [-0.2, 0) is 4.79 Å². The Balaban J connectivity index is 2.24. The van der Waals surface area contributed by atoms with Crippen molar-refractivity contribution in [1.29, 1.82) is 0 Å². The summed E-state index contributed by atoms with van der Waals surface area (Å²) in [7, 11) is 0. The van der Waals surface area contributed by atoms with Gasteiger partial charge in [-0.05, 0) is 23.7 Å². The van der Waals surface area contributed by atoms with Crippen molar-refractivity contribution in [3.63, 3.8) is 0 Å². The summed E-state index contributed by atoms with van der Waals surface area (Å²) in [5.41, 5.74) is 0.244. The lowest BCUT2D eigenvalue weighted by Gasteiger charge is -2.09. The molecule has 2 fully saturated rings. The van der Waals surface area contributed by atoms with Gasteiger partial charge in [0.1, 0.15) is 0 Å². The van der Waals surface area contributed by atoms with E-state index in [1.807, 2.05) is 0 Å². The van der Waals surface area contributed by atoms with E-state index in [2.05, 4.69) is 13.8 Å². The molecule has 0 aliphatic heterocycles. The van der Waals surface area contributed by atoms with Gasteiger partial charge in [-0.15, -0.1) is 0 Å². The van der Waals surface area contributed by atoms with Gasteiger partial charge in [0.25, 0.3) is 0 Å². The molecule has 2 nitrogen and oxygen atoms in total. The van der Waals surface area contributed by atoms with Crippen LogP contribution in [0.3, 0.4) is 0 Å². The van der Waals surface area contributed by atoms with Gasteiger partial charge in [0.2, 0.25) is 0 Å². The molecule has 2 rings (SSSR count). The van der Waals surface area contributed by atoms with Crippen LogP contribution in [-0.4, -0.2) is 11.1 Å². The summed E-state index contributed by atoms with van der Waals surface area (Å²) in [5.74, 6) is -0.644. The molecule has 2 aliphatic rings. The summed E-state index contributed by atoms with van der Waals surface area (Å²) in [6, 6.07) is 0. The van der Waals surface area contributed by atoms with Crippen LogP contribution in [0.25, 0.3) is 0 Å². The summed E-state index contributed by atoms with van der Waals surface area (Å²) >= 11 is 0. The van der Waals surface area contributed by atoms with Gasteiger partial charge in [0.05, 0.1) is 5.92 Å². The van der Waals surface area contributed by atoms with E-state index in [-0.39, 0.29) is 16.7 Å². The molecule has 0 aromatic carbocycles. The molecule has 68 valence electrons. The fourth-order valence-corrected chi connectivity index (χ4v) is 3.43. The average Bonchev–Trinajstić information content (AvgIpc) is 2.32. The Morgan fingerprint density at radius 1 is 1.33 bits per heavy atom. The number of aliphatic carboxylic acids is 1. The lowest BCUT2D eigenvalue weighted by molar-refractivity contribution is -0.140. The molecule has 2 heteroatoms. The highest BCUT2D eigenvalue weighted by Gasteiger charge is 2.74. The second-order valence-corrected chi connectivity index (χ2v) is 4.86. The molecule has 0 bridgehead atoms. The average molecular weight is 168 g/mol. The number of rotatable bonds is 1. The number of hydrogen-bond donors (Lipinski definition) is 1. The third-order valence-electron chi connectivity index (χ3n) is 4.22. The highest BCUT2D eigenvalue weighted by Crippen LogP contribution is 2.75. The van der Waals surface area contributed by atoms with Crippen LogP contribution < -0.4 is 0 Å². The maximum absolute atomic E-state index is 10.9. The first-order valence-corrected chi connectivity index (χ1v) is 4.75. The van der Waals surface area contributed by atoms with E-state index in [1.54, 1.807) is 0 Å². The number of carboxylic acid groups (broad SMARTS) is 1. The molecule has 1 spiro atoms. The zero-order valence-corrected chi connectivity index (χ0v) is 7.76. The van der Waals surface area contributed by atoms with Gasteiger partial charge < -0.3 is 5.11 Å². The third kappa shape index (κ3) is 0.686. The highest BCUT2D eigenvalue weighted by molar-refractivity contribution is 5.77. The molecule has 1 N–H and O–H groups in total. The van der Waals surface area contributed by atoms with Crippen LogP contribution in [0.2, 0.25) is 0 Å². The monoisotopic (exact) mass is 168 g/mol. The summed E-state index contributed by atoms with van der Waals surface area (Å²) in [4.78, 5) is 10.9. The lowest BCUT2D eigenvalue weighted by Crippen LogP contribution is -2.06. The first-order chi connectivity index (χ1) is 5.52. The van der Waals surface area contributed by atoms with Crippen LogP contribution in [0.5, 0.6) is 0 Å². The second-order valence-electron chi connectivity index (χ2n) is 4.86. The molecule has 0 saturated heterocycles. The quantitative estimate of drug-likeness (QED) is 0.652. The van der Waals surface area contributed by atoms with Crippen molar-refractivity contribution < 1.29 is 9.90 Å². The van der Waals surface area contributed by atoms with Crippen molar-refractivity contribution in [3.8, 4) is 0 Å². The zero-order valence-electron chi connectivity index (χ0n) is 7.76. The van der Waals surface area contributed by atoms with Gasteiger partial charge in [-0.1, -0.05) is 26.7 Å². The molecule has 2 aliphatic carbocycles. The third-order valence-corrected chi connectivity index (χ3v) is 4.22. The molecule has 1 atom stereocenters. The van der Waals surface area contributed by atoms with E-state index in [0.717, 1.165) is 12.8 Å². The fourth-order valence-electron chi connectivity index (χ4n) is 3.43. The summed E-state index contributed by atoms with van der Waals surface area (Å²) < 4.78 is 0. The molecule has 0 heterocycles. The molecule has 0 amide bonds. The predicted molar refractivity (Wildman–Crippen MR) is 45.8 cm³/mol. The van der Waals surface area contributed by atoms with E-state index in [9.17, 15) is 4.79 Å². The summed E-state index contributed by atoms with van der Waals surface area (Å²) in [5, 5.41) is 9.01. The zero-order chi connectivity index (χ0) is 8.98. The van der Waals surface area contributed by atoms with E-state index in [0.29, 0.717) is 0 Å². The molecular formula is C10H16O2. The van der Waals surface area contributed by atoms with Crippen LogP contribution in [0, 0.1) is 16.7 Å². The van der Waals surface area contributed by atoms with E-state index < -0.39 is 5.97 Å². The maximum atomic E-state index is 10.9. The molecule has 1 unspecified atom stereocenters. The van der Waals surface area contributed by atoms with Crippen molar-refractivity contribution in [2.75, 3.05) is 0 Å². The standard InChI is InChI=1S/C10H16O2/c1-9(2)7(8(11)12)10(9)5-3-4-6-10/h7H,3-6H2,1-2H3,(H,11,12). The Bertz CT molecular complexity index is 224. The van der Waals surface area contributed by atoms with Gasteiger partial charge in [-0.2, -0.15) is 0 Å². The van der Waals surface area contributed by atoms with Crippen LogP contribution in [0.15, 0.2) is 0 Å². The van der Waals surface area contributed by atoms with Gasteiger partial charge in [0.15, 0.2) is 0 Å². The molecule has 0 aromatic rings. The Kier molecular flexibility index (Phi) is 1.37. The smallest absolute Gasteiger partial charge is 0.307 e. The van der Waals surface area contributed by atoms with Gasteiger partial charge in [-0.25, -0.2) is 0 Å². The molecule has 0 aromatic heterocycles. The molecule has 12 heavy (non-hydrogen) atoms. The Labute approximate surface area is 73.0 Å². The molecule has 2 saturated carbocycles. The van der Waals surface area contributed by atoms with Gasteiger partial charge in [-0.3, -0.25) is 4.79 Å². The Morgan fingerprint density at radius 3 is 2.17 bits per heavy atom. The molecule has 0 radical (unpaired) electrons. The van der Waals surface area contributed by atoms with Crippen molar-refractivity contribution in [1.82, 2.24) is 0 Å². The van der Waals surface area contributed by atoms with Crippen LogP contribution in [0.1, 0.15) is 39.5 Å². The minimum Gasteiger partial charge on any atom is -0.481 e.